The van der Waals surface area contributed by atoms with Crippen molar-refractivity contribution in [1.82, 2.24) is 19.9 Å². The number of imidazole rings is 1. The largest absolute Gasteiger partial charge is 0.360 e. The van der Waals surface area contributed by atoms with E-state index in [1.165, 1.54) is 0 Å². The molecule has 2 aromatic heterocycles. The molecule has 2 rings (SSSR count). The fourth-order valence-electron chi connectivity index (χ4n) is 1.62. The van der Waals surface area contributed by atoms with Crippen molar-refractivity contribution >= 4 is 21.7 Å². The molecule has 2 aromatic rings. The Morgan fingerprint density at radius 2 is 2.29 bits per heavy atom. The molecule has 0 aromatic carbocycles. The van der Waals surface area contributed by atoms with Crippen LogP contribution in [0.4, 0.5) is 5.82 Å². The number of hydrogen-bond donors (Lipinski definition) is 2. The molecule has 0 saturated heterocycles. The Kier molecular flexibility index (Phi) is 3.73. The molecule has 17 heavy (non-hydrogen) atoms. The van der Waals surface area contributed by atoms with Gasteiger partial charge in [0.25, 0.3) is 0 Å². The molecule has 0 fully saturated rings. The molecule has 0 saturated carbocycles. The highest BCUT2D eigenvalue weighted by molar-refractivity contribution is 9.10. The van der Waals surface area contributed by atoms with Gasteiger partial charge in [0.1, 0.15) is 22.1 Å². The van der Waals surface area contributed by atoms with Gasteiger partial charge in [0.15, 0.2) is 0 Å². The summed E-state index contributed by atoms with van der Waals surface area (Å²) in [6, 6.07) is 1.99. The van der Waals surface area contributed by atoms with Gasteiger partial charge >= 0.3 is 0 Å². The van der Waals surface area contributed by atoms with Gasteiger partial charge in [0, 0.05) is 18.5 Å². The highest BCUT2D eigenvalue weighted by Crippen LogP contribution is 2.20. The zero-order valence-electron chi connectivity index (χ0n) is 9.74. The Morgan fingerprint density at radius 3 is 2.88 bits per heavy atom. The smallest absolute Gasteiger partial charge is 0.131 e. The lowest BCUT2D eigenvalue weighted by Gasteiger charge is -2.15. The lowest BCUT2D eigenvalue weighted by molar-refractivity contribution is 0.698. The third-order valence-corrected chi connectivity index (χ3v) is 2.79. The molecular formula is C11H14BrN5. The molecule has 0 radical (unpaired) electrons. The van der Waals surface area contributed by atoms with E-state index in [2.05, 4.69) is 48.1 Å². The minimum Gasteiger partial charge on any atom is -0.360 e. The van der Waals surface area contributed by atoms with E-state index < -0.39 is 0 Å². The van der Waals surface area contributed by atoms with Crippen molar-refractivity contribution < 1.29 is 0 Å². The van der Waals surface area contributed by atoms with E-state index >= 15 is 0 Å². The van der Waals surface area contributed by atoms with Gasteiger partial charge in [-0.1, -0.05) is 6.92 Å². The van der Waals surface area contributed by atoms with Gasteiger partial charge in [-0.2, -0.15) is 0 Å². The number of aromatic amines is 1. The van der Waals surface area contributed by atoms with Crippen LogP contribution < -0.4 is 5.32 Å². The molecule has 2 heterocycles. The van der Waals surface area contributed by atoms with Crippen LogP contribution in [0, 0.1) is 6.92 Å². The van der Waals surface area contributed by atoms with Crippen molar-refractivity contribution in [2.45, 2.75) is 26.3 Å². The van der Waals surface area contributed by atoms with Crippen molar-refractivity contribution in [2.75, 3.05) is 5.32 Å². The van der Waals surface area contributed by atoms with Crippen LogP contribution in [-0.2, 0) is 0 Å². The third kappa shape index (κ3) is 3.03. The summed E-state index contributed by atoms with van der Waals surface area (Å²) >= 11 is 3.36. The number of halogens is 1. The molecule has 2 N–H and O–H groups in total. The van der Waals surface area contributed by atoms with E-state index in [0.717, 1.165) is 28.5 Å². The number of nitrogens with one attached hydrogen (secondary N) is 2. The standard InChI is InChI=1S/C11H14BrN5/c1-3-8(11-13-4-5-14-11)17-10-6-9(12)15-7(2)16-10/h4-6,8H,3H2,1-2H3,(H,13,14)(H,15,16,17). The van der Waals surface area contributed by atoms with Crippen molar-refractivity contribution in [3.63, 3.8) is 0 Å². The van der Waals surface area contributed by atoms with Gasteiger partial charge in [-0.05, 0) is 29.3 Å². The number of aryl methyl sites for hydroxylation is 1. The van der Waals surface area contributed by atoms with E-state index in [9.17, 15) is 0 Å². The van der Waals surface area contributed by atoms with Crippen LogP contribution in [0.1, 0.15) is 31.0 Å². The van der Waals surface area contributed by atoms with Gasteiger partial charge in [-0.25, -0.2) is 15.0 Å². The Hall–Kier alpha value is -1.43. The maximum Gasteiger partial charge on any atom is 0.131 e. The molecule has 90 valence electrons. The number of anilines is 1. The Balaban J connectivity index is 2.18. The molecule has 1 atom stereocenters. The van der Waals surface area contributed by atoms with Crippen LogP contribution in [-0.4, -0.2) is 19.9 Å². The molecule has 0 amide bonds. The van der Waals surface area contributed by atoms with Crippen LogP contribution in [0.2, 0.25) is 0 Å². The van der Waals surface area contributed by atoms with Crippen LogP contribution in [0.25, 0.3) is 0 Å². The second kappa shape index (κ2) is 5.27. The average Bonchev–Trinajstić information content (AvgIpc) is 2.77. The van der Waals surface area contributed by atoms with E-state index in [-0.39, 0.29) is 6.04 Å². The summed E-state index contributed by atoms with van der Waals surface area (Å²) in [6.45, 7) is 3.97. The number of hydrogen-bond acceptors (Lipinski definition) is 4. The van der Waals surface area contributed by atoms with Gasteiger partial charge in [0.2, 0.25) is 0 Å². The quantitative estimate of drug-likeness (QED) is 0.851. The normalized spacial score (nSPS) is 12.4. The first kappa shape index (κ1) is 12.0. The average molecular weight is 296 g/mol. The summed E-state index contributed by atoms with van der Waals surface area (Å²) in [5.41, 5.74) is 0. The van der Waals surface area contributed by atoms with E-state index in [0.29, 0.717) is 0 Å². The van der Waals surface area contributed by atoms with Gasteiger partial charge in [0.05, 0.1) is 6.04 Å². The summed E-state index contributed by atoms with van der Waals surface area (Å²) in [6.07, 6.45) is 4.50. The highest BCUT2D eigenvalue weighted by atomic mass is 79.9. The lowest BCUT2D eigenvalue weighted by atomic mass is 10.2. The Bertz CT molecular complexity index is 462. The molecule has 5 nitrogen and oxygen atoms in total. The summed E-state index contributed by atoms with van der Waals surface area (Å²) in [5, 5.41) is 3.34. The zero-order valence-corrected chi connectivity index (χ0v) is 11.3. The minimum absolute atomic E-state index is 0.131. The molecule has 0 aliphatic heterocycles. The number of aromatic nitrogens is 4. The van der Waals surface area contributed by atoms with E-state index in [1.807, 2.05) is 19.2 Å². The monoisotopic (exact) mass is 295 g/mol. The SMILES string of the molecule is CCC(Nc1cc(Br)nc(C)n1)c1ncc[nH]1. The predicted molar refractivity (Wildman–Crippen MR) is 69.7 cm³/mol. The molecule has 6 heteroatoms. The predicted octanol–water partition coefficient (Wildman–Crippen LogP) is 2.83. The minimum atomic E-state index is 0.131. The van der Waals surface area contributed by atoms with Crippen molar-refractivity contribution in [1.29, 1.82) is 0 Å². The molecule has 0 aliphatic rings. The summed E-state index contributed by atoms with van der Waals surface area (Å²) < 4.78 is 0.779. The first-order valence-corrected chi connectivity index (χ1v) is 6.25. The first-order valence-electron chi connectivity index (χ1n) is 5.46. The number of rotatable bonds is 4. The topological polar surface area (TPSA) is 66.5 Å². The van der Waals surface area contributed by atoms with Gasteiger partial charge in [-0.15, -0.1) is 0 Å². The Labute approximate surface area is 108 Å². The van der Waals surface area contributed by atoms with Crippen molar-refractivity contribution in [3.05, 3.63) is 34.7 Å². The van der Waals surface area contributed by atoms with Crippen LogP contribution in [0.5, 0.6) is 0 Å². The zero-order chi connectivity index (χ0) is 12.3. The maximum atomic E-state index is 4.34. The lowest BCUT2D eigenvalue weighted by Crippen LogP contribution is -2.13. The summed E-state index contributed by atoms with van der Waals surface area (Å²) in [4.78, 5) is 15.9. The number of H-pyrrole nitrogens is 1. The molecule has 0 aliphatic carbocycles. The Morgan fingerprint density at radius 1 is 1.47 bits per heavy atom. The highest BCUT2D eigenvalue weighted by Gasteiger charge is 2.12. The summed E-state index contributed by atoms with van der Waals surface area (Å²) in [5.74, 6) is 2.45. The molecule has 0 spiro atoms. The maximum absolute atomic E-state index is 4.34. The van der Waals surface area contributed by atoms with Crippen LogP contribution in [0.15, 0.2) is 23.1 Å². The van der Waals surface area contributed by atoms with Crippen LogP contribution >= 0.6 is 15.9 Å². The van der Waals surface area contributed by atoms with Crippen molar-refractivity contribution in [3.8, 4) is 0 Å². The second-order valence-electron chi connectivity index (χ2n) is 3.70. The third-order valence-electron chi connectivity index (χ3n) is 2.39. The van der Waals surface area contributed by atoms with E-state index in [4.69, 9.17) is 0 Å². The number of nitrogens with zero attached hydrogens (tertiary/aromatic N) is 3. The van der Waals surface area contributed by atoms with Gasteiger partial charge < -0.3 is 10.3 Å². The molecule has 0 bridgehead atoms. The second-order valence-corrected chi connectivity index (χ2v) is 4.52. The molecular weight excluding hydrogens is 282 g/mol. The van der Waals surface area contributed by atoms with Gasteiger partial charge in [-0.3, -0.25) is 0 Å². The molecule has 1 unspecified atom stereocenters. The fourth-order valence-corrected chi connectivity index (χ4v) is 2.09. The van der Waals surface area contributed by atoms with Crippen molar-refractivity contribution in [2.24, 2.45) is 0 Å². The summed E-state index contributed by atoms with van der Waals surface area (Å²) in [7, 11) is 0. The first-order chi connectivity index (χ1) is 8.19. The fraction of sp³-hybridized carbons (Fsp3) is 0.364. The van der Waals surface area contributed by atoms with E-state index in [1.54, 1.807) is 6.20 Å². The van der Waals surface area contributed by atoms with Crippen LogP contribution in [0.3, 0.4) is 0 Å².